The van der Waals surface area contributed by atoms with Gasteiger partial charge in [-0.05, 0) is 86.5 Å². The van der Waals surface area contributed by atoms with Gasteiger partial charge in [0, 0.05) is 6.42 Å². The molecule has 3 nitrogen and oxygen atoms in total. The number of allylic oxidation sites excluding steroid dienone is 1. The Kier molecular flexibility index (Phi) is 4.59. The molecule has 1 N–H and O–H groups in total. The minimum absolute atomic E-state index is 0.136. The summed E-state index contributed by atoms with van der Waals surface area (Å²) in [6.07, 6.45) is 12.9. The number of carbonyl (C=O) groups excluding carboxylic acids is 1. The van der Waals surface area contributed by atoms with Crippen molar-refractivity contribution in [3.05, 3.63) is 11.6 Å². The van der Waals surface area contributed by atoms with E-state index in [2.05, 4.69) is 6.92 Å². The van der Waals surface area contributed by atoms with Crippen molar-refractivity contribution in [2.45, 2.75) is 70.8 Å². The normalized spacial score (nSPS) is 44.5. The van der Waals surface area contributed by atoms with Gasteiger partial charge in [0.25, 0.3) is 0 Å². The molecule has 0 spiro atoms. The molecule has 4 aliphatic carbocycles. The highest BCUT2D eigenvalue weighted by atomic mass is 16.5. The number of carbonyl (C=O) groups is 1. The summed E-state index contributed by atoms with van der Waals surface area (Å²) in [5.41, 5.74) is 1.82. The molecule has 0 bridgehead atoms. The quantitative estimate of drug-likeness (QED) is 0.849. The molecule has 4 rings (SSSR count). The zero-order chi connectivity index (χ0) is 16.7. The Morgan fingerprint density at radius 2 is 2.04 bits per heavy atom. The molecular weight excluding hydrogens is 300 g/mol. The Bertz CT molecular complexity index is 525. The lowest BCUT2D eigenvalue weighted by Crippen LogP contribution is -2.49. The number of hydrogen-bond acceptors (Lipinski definition) is 3. The van der Waals surface area contributed by atoms with Gasteiger partial charge in [-0.25, -0.2) is 0 Å². The SMILES string of the molecule is CC[C@]12CC[C@H]3[C@@H](CCC4=CC(=O)CC[C@@H]43)[C@@H]1CC[C@@H]2OCCO. The fraction of sp³-hybridized carbons (Fsp3) is 0.857. The molecule has 0 heterocycles. The summed E-state index contributed by atoms with van der Waals surface area (Å²) in [6, 6.07) is 0. The van der Waals surface area contributed by atoms with Crippen LogP contribution in [0.1, 0.15) is 64.7 Å². The average Bonchev–Trinajstić information content (AvgIpc) is 2.98. The van der Waals surface area contributed by atoms with Gasteiger partial charge >= 0.3 is 0 Å². The number of aliphatic hydroxyl groups excluding tert-OH is 1. The second kappa shape index (κ2) is 6.57. The first-order chi connectivity index (χ1) is 11.7. The van der Waals surface area contributed by atoms with Gasteiger partial charge in [-0.3, -0.25) is 4.79 Å². The Hall–Kier alpha value is -0.670. The first-order valence-electron chi connectivity index (χ1n) is 10.2. The van der Waals surface area contributed by atoms with Crippen molar-refractivity contribution in [3.63, 3.8) is 0 Å². The first-order valence-corrected chi connectivity index (χ1v) is 10.2. The van der Waals surface area contributed by atoms with Crippen molar-refractivity contribution >= 4 is 5.78 Å². The summed E-state index contributed by atoms with van der Waals surface area (Å²) in [5.74, 6) is 3.48. The van der Waals surface area contributed by atoms with Crippen molar-refractivity contribution in [1.82, 2.24) is 0 Å². The zero-order valence-corrected chi connectivity index (χ0v) is 15.0. The molecule has 0 aromatic rings. The maximum Gasteiger partial charge on any atom is 0.155 e. The van der Waals surface area contributed by atoms with Gasteiger partial charge < -0.3 is 9.84 Å². The second-order valence-electron chi connectivity index (χ2n) is 8.59. The third-order valence-corrected chi connectivity index (χ3v) is 8.01. The monoisotopic (exact) mass is 332 g/mol. The maximum absolute atomic E-state index is 11.8. The number of rotatable bonds is 4. The van der Waals surface area contributed by atoms with Crippen molar-refractivity contribution in [2.24, 2.45) is 29.1 Å². The average molecular weight is 332 g/mol. The molecule has 0 saturated heterocycles. The van der Waals surface area contributed by atoms with E-state index in [-0.39, 0.29) is 6.61 Å². The summed E-state index contributed by atoms with van der Waals surface area (Å²) in [7, 11) is 0. The van der Waals surface area contributed by atoms with Crippen LogP contribution in [0.15, 0.2) is 11.6 Å². The Morgan fingerprint density at radius 1 is 1.17 bits per heavy atom. The number of ether oxygens (including phenoxy) is 1. The summed E-state index contributed by atoms with van der Waals surface area (Å²) in [6.45, 7) is 2.98. The van der Waals surface area contributed by atoms with E-state index < -0.39 is 0 Å². The molecule has 3 saturated carbocycles. The van der Waals surface area contributed by atoms with Gasteiger partial charge in [-0.1, -0.05) is 12.5 Å². The van der Waals surface area contributed by atoms with E-state index in [1.54, 1.807) is 0 Å². The predicted octanol–water partition coefficient (Wildman–Crippen LogP) is 3.90. The Balaban J connectivity index is 1.57. The third-order valence-electron chi connectivity index (χ3n) is 8.01. The van der Waals surface area contributed by atoms with E-state index in [1.165, 1.54) is 44.1 Å². The van der Waals surface area contributed by atoms with E-state index in [9.17, 15) is 4.79 Å². The summed E-state index contributed by atoms with van der Waals surface area (Å²) in [4.78, 5) is 11.8. The molecule has 3 fully saturated rings. The molecule has 0 aliphatic heterocycles. The van der Waals surface area contributed by atoms with Crippen molar-refractivity contribution in [1.29, 1.82) is 0 Å². The van der Waals surface area contributed by atoms with Crippen LogP contribution in [-0.2, 0) is 9.53 Å². The predicted molar refractivity (Wildman–Crippen MR) is 93.5 cm³/mol. The fourth-order valence-corrected chi connectivity index (χ4v) is 7.05. The third kappa shape index (κ3) is 2.50. The van der Waals surface area contributed by atoms with Gasteiger partial charge in [0.1, 0.15) is 0 Å². The van der Waals surface area contributed by atoms with E-state index in [0.29, 0.717) is 29.8 Å². The minimum Gasteiger partial charge on any atom is -0.394 e. The molecule has 24 heavy (non-hydrogen) atoms. The number of hydrogen-bond donors (Lipinski definition) is 1. The maximum atomic E-state index is 11.8. The number of aliphatic hydroxyl groups is 1. The van der Waals surface area contributed by atoms with Crippen LogP contribution in [0.25, 0.3) is 0 Å². The van der Waals surface area contributed by atoms with E-state index >= 15 is 0 Å². The summed E-state index contributed by atoms with van der Waals surface area (Å²) in [5, 5.41) is 9.16. The first kappa shape index (κ1) is 16.8. The topological polar surface area (TPSA) is 46.5 Å². The van der Waals surface area contributed by atoms with Crippen molar-refractivity contribution in [3.8, 4) is 0 Å². The highest BCUT2D eigenvalue weighted by Crippen LogP contribution is 2.63. The smallest absolute Gasteiger partial charge is 0.155 e. The van der Waals surface area contributed by atoms with Crippen LogP contribution in [0.5, 0.6) is 0 Å². The van der Waals surface area contributed by atoms with E-state index in [0.717, 1.165) is 37.0 Å². The van der Waals surface area contributed by atoms with Crippen molar-refractivity contribution < 1.29 is 14.6 Å². The van der Waals surface area contributed by atoms with Crippen LogP contribution >= 0.6 is 0 Å². The lowest BCUT2D eigenvalue weighted by atomic mass is 9.51. The molecule has 6 atom stereocenters. The van der Waals surface area contributed by atoms with E-state index in [1.807, 2.05) is 6.08 Å². The number of fused-ring (bicyclic) bond motifs is 5. The minimum atomic E-state index is 0.136. The largest absolute Gasteiger partial charge is 0.394 e. The molecule has 0 amide bonds. The van der Waals surface area contributed by atoms with Gasteiger partial charge in [-0.2, -0.15) is 0 Å². The fourth-order valence-electron chi connectivity index (χ4n) is 7.05. The van der Waals surface area contributed by atoms with Crippen LogP contribution in [0.2, 0.25) is 0 Å². The highest BCUT2D eigenvalue weighted by molar-refractivity contribution is 5.91. The molecule has 134 valence electrons. The van der Waals surface area contributed by atoms with Gasteiger partial charge in [-0.15, -0.1) is 0 Å². The summed E-state index contributed by atoms with van der Waals surface area (Å²) >= 11 is 0. The van der Waals surface area contributed by atoms with E-state index in [4.69, 9.17) is 9.84 Å². The lowest BCUT2D eigenvalue weighted by Gasteiger charge is -2.54. The van der Waals surface area contributed by atoms with Crippen LogP contribution < -0.4 is 0 Å². The standard InChI is InChI=1S/C21H32O3/c1-2-21-10-9-17-16-6-4-15(23)13-14(16)3-5-18(17)19(21)7-8-20(21)24-12-11-22/h13,16-20,22H,2-12H2,1H3/t16-,17+,18+,19-,20-,21-/m0/s1. The van der Waals surface area contributed by atoms with Crippen molar-refractivity contribution in [2.75, 3.05) is 13.2 Å². The number of ketones is 1. The molecule has 3 heteroatoms. The van der Waals surface area contributed by atoms with Crippen LogP contribution in [0, 0.1) is 29.1 Å². The molecule has 0 aromatic carbocycles. The van der Waals surface area contributed by atoms with Crippen LogP contribution in [0.4, 0.5) is 0 Å². The Labute approximate surface area is 145 Å². The van der Waals surface area contributed by atoms with Crippen LogP contribution in [0.3, 0.4) is 0 Å². The second-order valence-corrected chi connectivity index (χ2v) is 8.59. The molecule has 0 radical (unpaired) electrons. The Morgan fingerprint density at radius 3 is 2.83 bits per heavy atom. The molecule has 0 unspecified atom stereocenters. The zero-order valence-electron chi connectivity index (χ0n) is 15.0. The molecule has 4 aliphatic rings. The highest BCUT2D eigenvalue weighted by Gasteiger charge is 2.57. The van der Waals surface area contributed by atoms with Gasteiger partial charge in [0.15, 0.2) is 5.78 Å². The lowest BCUT2D eigenvalue weighted by molar-refractivity contribution is -0.117. The van der Waals surface area contributed by atoms with Gasteiger partial charge in [0.2, 0.25) is 0 Å². The molecule has 0 aromatic heterocycles. The molecular formula is C21H32O3. The van der Waals surface area contributed by atoms with Gasteiger partial charge in [0.05, 0.1) is 19.3 Å². The summed E-state index contributed by atoms with van der Waals surface area (Å²) < 4.78 is 6.11. The van der Waals surface area contributed by atoms with Crippen LogP contribution in [-0.4, -0.2) is 30.2 Å².